The Labute approximate surface area is 147 Å². The van der Waals surface area contributed by atoms with Crippen molar-refractivity contribution >= 4 is 5.96 Å². The standard InChI is InChI=1S/C19H36N4O/c1-4-20-19(22-17-10-16-7-8-18(17)24-16)21-11-15-6-5-9-23(13-15)12-14(2)3/h14-18H,4-13H2,1-3H3,(H2,20,21,22). The second-order valence-corrected chi connectivity index (χ2v) is 8.24. The molecule has 0 amide bonds. The fourth-order valence-electron chi connectivity index (χ4n) is 4.49. The molecule has 0 saturated carbocycles. The summed E-state index contributed by atoms with van der Waals surface area (Å²) in [5.41, 5.74) is 0. The quantitative estimate of drug-likeness (QED) is 0.577. The molecule has 4 unspecified atom stereocenters. The molecule has 3 rings (SSSR count). The van der Waals surface area contributed by atoms with Crippen molar-refractivity contribution in [1.29, 1.82) is 0 Å². The molecular weight excluding hydrogens is 300 g/mol. The first-order chi connectivity index (χ1) is 11.6. The second-order valence-electron chi connectivity index (χ2n) is 8.24. The number of fused-ring (bicyclic) bond motifs is 2. The number of nitrogens with zero attached hydrogens (tertiary/aromatic N) is 2. The van der Waals surface area contributed by atoms with E-state index >= 15 is 0 Å². The maximum atomic E-state index is 5.96. The summed E-state index contributed by atoms with van der Waals surface area (Å²) in [6.45, 7) is 12.3. The highest BCUT2D eigenvalue weighted by Crippen LogP contribution is 2.34. The van der Waals surface area contributed by atoms with Crippen molar-refractivity contribution in [3.8, 4) is 0 Å². The van der Waals surface area contributed by atoms with Gasteiger partial charge in [0, 0.05) is 26.2 Å². The predicted molar refractivity (Wildman–Crippen MR) is 99.4 cm³/mol. The molecule has 3 heterocycles. The SMILES string of the molecule is CCNC(=NCC1CCCN(CC(C)C)C1)NC1CC2CCC1O2. The minimum Gasteiger partial charge on any atom is -0.373 e. The Balaban J connectivity index is 1.49. The normalized spacial score (nSPS) is 34.1. The third-order valence-corrected chi connectivity index (χ3v) is 5.51. The molecule has 0 aliphatic carbocycles. The summed E-state index contributed by atoms with van der Waals surface area (Å²) in [6.07, 6.45) is 7.10. The van der Waals surface area contributed by atoms with Crippen molar-refractivity contribution in [2.24, 2.45) is 16.8 Å². The van der Waals surface area contributed by atoms with Crippen LogP contribution < -0.4 is 10.6 Å². The molecule has 24 heavy (non-hydrogen) atoms. The molecule has 0 spiro atoms. The Kier molecular flexibility index (Phi) is 6.39. The number of hydrogen-bond acceptors (Lipinski definition) is 3. The lowest BCUT2D eigenvalue weighted by atomic mass is 9.95. The highest BCUT2D eigenvalue weighted by molar-refractivity contribution is 5.80. The van der Waals surface area contributed by atoms with Gasteiger partial charge in [-0.1, -0.05) is 13.8 Å². The molecule has 0 radical (unpaired) electrons. The van der Waals surface area contributed by atoms with E-state index in [1.165, 1.54) is 45.3 Å². The lowest BCUT2D eigenvalue weighted by Gasteiger charge is -2.33. The first-order valence-corrected chi connectivity index (χ1v) is 10.1. The molecule has 0 aromatic rings. The van der Waals surface area contributed by atoms with E-state index in [2.05, 4.69) is 36.3 Å². The van der Waals surface area contributed by atoms with Crippen LogP contribution in [-0.4, -0.2) is 61.8 Å². The van der Waals surface area contributed by atoms with Gasteiger partial charge in [0.1, 0.15) is 0 Å². The molecule has 5 heteroatoms. The Hall–Kier alpha value is -0.810. The number of guanidine groups is 1. The van der Waals surface area contributed by atoms with Gasteiger partial charge in [0.15, 0.2) is 5.96 Å². The van der Waals surface area contributed by atoms with E-state index in [9.17, 15) is 0 Å². The Morgan fingerprint density at radius 3 is 2.83 bits per heavy atom. The smallest absolute Gasteiger partial charge is 0.191 e. The monoisotopic (exact) mass is 336 g/mol. The summed E-state index contributed by atoms with van der Waals surface area (Å²) in [5.74, 6) is 2.44. The highest BCUT2D eigenvalue weighted by atomic mass is 16.5. The van der Waals surface area contributed by atoms with Gasteiger partial charge in [-0.15, -0.1) is 0 Å². The van der Waals surface area contributed by atoms with Gasteiger partial charge >= 0.3 is 0 Å². The van der Waals surface area contributed by atoms with Crippen LogP contribution in [0.15, 0.2) is 4.99 Å². The van der Waals surface area contributed by atoms with Crippen LogP contribution >= 0.6 is 0 Å². The summed E-state index contributed by atoms with van der Waals surface area (Å²) in [6, 6.07) is 0.449. The van der Waals surface area contributed by atoms with Crippen LogP contribution in [-0.2, 0) is 4.74 Å². The largest absolute Gasteiger partial charge is 0.373 e. The minimum atomic E-state index is 0.398. The zero-order chi connectivity index (χ0) is 16.9. The zero-order valence-electron chi connectivity index (χ0n) is 15.8. The van der Waals surface area contributed by atoms with Gasteiger partial charge in [0.25, 0.3) is 0 Å². The van der Waals surface area contributed by atoms with Crippen molar-refractivity contribution in [1.82, 2.24) is 15.5 Å². The number of piperidine rings is 1. The summed E-state index contributed by atoms with van der Waals surface area (Å²) < 4.78 is 5.96. The summed E-state index contributed by atoms with van der Waals surface area (Å²) >= 11 is 0. The van der Waals surface area contributed by atoms with Crippen molar-refractivity contribution < 1.29 is 4.74 Å². The third-order valence-electron chi connectivity index (χ3n) is 5.51. The fraction of sp³-hybridized carbons (Fsp3) is 0.947. The van der Waals surface area contributed by atoms with Gasteiger partial charge in [-0.3, -0.25) is 4.99 Å². The van der Waals surface area contributed by atoms with Crippen LogP contribution in [0.2, 0.25) is 0 Å². The van der Waals surface area contributed by atoms with Crippen LogP contribution in [0.5, 0.6) is 0 Å². The third kappa shape index (κ3) is 4.85. The van der Waals surface area contributed by atoms with E-state index in [1.807, 2.05) is 0 Å². The number of hydrogen-bond donors (Lipinski definition) is 2. The second kappa shape index (κ2) is 8.52. The van der Waals surface area contributed by atoms with E-state index in [-0.39, 0.29) is 0 Å². The average molecular weight is 337 g/mol. The van der Waals surface area contributed by atoms with Crippen LogP contribution in [0, 0.1) is 11.8 Å². The van der Waals surface area contributed by atoms with E-state index in [0.29, 0.717) is 24.2 Å². The van der Waals surface area contributed by atoms with E-state index in [4.69, 9.17) is 9.73 Å². The number of rotatable bonds is 6. The lowest BCUT2D eigenvalue weighted by Crippen LogP contribution is -2.47. The Bertz CT molecular complexity index is 426. The van der Waals surface area contributed by atoms with Crippen LogP contribution in [0.25, 0.3) is 0 Å². The van der Waals surface area contributed by atoms with Gasteiger partial charge in [0.05, 0.1) is 18.2 Å². The maximum absolute atomic E-state index is 5.96. The summed E-state index contributed by atoms with van der Waals surface area (Å²) in [5, 5.41) is 7.05. The van der Waals surface area contributed by atoms with Crippen LogP contribution in [0.4, 0.5) is 0 Å². The molecule has 3 saturated heterocycles. The molecule has 2 N–H and O–H groups in total. The van der Waals surface area contributed by atoms with Gasteiger partial charge < -0.3 is 20.3 Å². The number of nitrogens with one attached hydrogen (secondary N) is 2. The average Bonchev–Trinajstić information content (AvgIpc) is 3.15. The van der Waals surface area contributed by atoms with Crippen molar-refractivity contribution in [2.45, 2.75) is 71.1 Å². The van der Waals surface area contributed by atoms with Crippen LogP contribution in [0.3, 0.4) is 0 Å². The molecule has 0 aromatic heterocycles. The maximum Gasteiger partial charge on any atom is 0.191 e. The molecule has 3 aliphatic rings. The molecule has 4 atom stereocenters. The minimum absolute atomic E-state index is 0.398. The number of likely N-dealkylation sites (tertiary alicyclic amines) is 1. The Morgan fingerprint density at radius 2 is 2.17 bits per heavy atom. The molecule has 2 bridgehead atoms. The van der Waals surface area contributed by atoms with Crippen molar-refractivity contribution in [2.75, 3.05) is 32.7 Å². The van der Waals surface area contributed by atoms with Gasteiger partial charge in [-0.25, -0.2) is 0 Å². The molecule has 5 nitrogen and oxygen atoms in total. The van der Waals surface area contributed by atoms with E-state index in [0.717, 1.165) is 31.4 Å². The van der Waals surface area contributed by atoms with Gasteiger partial charge in [-0.05, 0) is 57.4 Å². The molecule has 0 aromatic carbocycles. The first-order valence-electron chi connectivity index (χ1n) is 10.1. The van der Waals surface area contributed by atoms with Gasteiger partial charge in [0.2, 0.25) is 0 Å². The predicted octanol–water partition coefficient (Wildman–Crippen LogP) is 2.23. The van der Waals surface area contributed by atoms with E-state index < -0.39 is 0 Å². The lowest BCUT2D eigenvalue weighted by molar-refractivity contribution is 0.0992. The van der Waals surface area contributed by atoms with Crippen LogP contribution in [0.1, 0.15) is 52.9 Å². The Morgan fingerprint density at radius 1 is 1.29 bits per heavy atom. The van der Waals surface area contributed by atoms with Crippen molar-refractivity contribution in [3.63, 3.8) is 0 Å². The molecule has 3 aliphatic heterocycles. The number of aliphatic imine (C=N–C) groups is 1. The molecule has 3 fully saturated rings. The molecule has 138 valence electrons. The van der Waals surface area contributed by atoms with Gasteiger partial charge in [-0.2, -0.15) is 0 Å². The topological polar surface area (TPSA) is 48.9 Å². The summed E-state index contributed by atoms with van der Waals surface area (Å²) in [4.78, 5) is 7.53. The highest BCUT2D eigenvalue weighted by Gasteiger charge is 2.41. The summed E-state index contributed by atoms with van der Waals surface area (Å²) in [7, 11) is 0. The number of ether oxygens (including phenoxy) is 1. The fourth-order valence-corrected chi connectivity index (χ4v) is 4.49. The van der Waals surface area contributed by atoms with E-state index in [1.54, 1.807) is 0 Å². The first kappa shape index (κ1) is 18.0. The molecular formula is C19H36N4O. The zero-order valence-corrected chi connectivity index (χ0v) is 15.8. The van der Waals surface area contributed by atoms with Crippen molar-refractivity contribution in [3.05, 3.63) is 0 Å².